The van der Waals surface area contributed by atoms with Crippen molar-refractivity contribution in [2.45, 2.75) is 45.1 Å². The van der Waals surface area contributed by atoms with E-state index in [2.05, 4.69) is 11.9 Å². The largest absolute Gasteiger partial charge is 0.483 e. The SMILES string of the molecule is CCCCC1Cc2ccc(F)c(c2)-c2cccc(F)c2OCc2coc1n2. The Bertz CT molecular complexity index is 951. The second kappa shape index (κ2) is 7.51. The maximum absolute atomic E-state index is 14.6. The van der Waals surface area contributed by atoms with Crippen LogP contribution in [-0.4, -0.2) is 4.98 Å². The summed E-state index contributed by atoms with van der Waals surface area (Å²) < 4.78 is 40.4. The summed E-state index contributed by atoms with van der Waals surface area (Å²) in [7, 11) is 0. The molecule has 1 unspecified atom stereocenters. The molecule has 0 saturated heterocycles. The van der Waals surface area contributed by atoms with Gasteiger partial charge in [0.15, 0.2) is 17.5 Å². The van der Waals surface area contributed by atoms with Crippen molar-refractivity contribution >= 4 is 0 Å². The van der Waals surface area contributed by atoms with Gasteiger partial charge in [-0.1, -0.05) is 38.0 Å². The van der Waals surface area contributed by atoms with Crippen molar-refractivity contribution in [2.24, 2.45) is 0 Å². The molecule has 0 spiro atoms. The fourth-order valence-electron chi connectivity index (χ4n) is 3.54. The number of unbranched alkanes of at least 4 members (excludes halogenated alkanes) is 1. The molecule has 3 aromatic rings. The van der Waals surface area contributed by atoms with Gasteiger partial charge in [0.25, 0.3) is 0 Å². The van der Waals surface area contributed by atoms with Crippen LogP contribution in [0.25, 0.3) is 11.1 Å². The Morgan fingerprint density at radius 1 is 1.11 bits per heavy atom. The van der Waals surface area contributed by atoms with Crippen LogP contribution in [0, 0.1) is 11.6 Å². The molecule has 0 radical (unpaired) electrons. The van der Waals surface area contributed by atoms with Gasteiger partial charge in [0.2, 0.25) is 0 Å². The average molecular weight is 369 g/mol. The van der Waals surface area contributed by atoms with E-state index in [0.717, 1.165) is 24.8 Å². The summed E-state index contributed by atoms with van der Waals surface area (Å²) in [4.78, 5) is 4.55. The van der Waals surface area contributed by atoms with E-state index in [4.69, 9.17) is 9.15 Å². The van der Waals surface area contributed by atoms with E-state index in [0.29, 0.717) is 29.1 Å². The molecule has 27 heavy (non-hydrogen) atoms. The Morgan fingerprint density at radius 3 is 2.85 bits per heavy atom. The molecular weight excluding hydrogens is 348 g/mol. The number of hydrogen-bond donors (Lipinski definition) is 0. The number of oxazole rings is 1. The summed E-state index contributed by atoms with van der Waals surface area (Å²) >= 11 is 0. The first-order valence-electron chi connectivity index (χ1n) is 9.30. The van der Waals surface area contributed by atoms with Crippen LogP contribution in [0.1, 0.15) is 49.3 Å². The smallest absolute Gasteiger partial charge is 0.197 e. The van der Waals surface area contributed by atoms with E-state index in [9.17, 15) is 8.78 Å². The van der Waals surface area contributed by atoms with E-state index in [1.165, 1.54) is 12.1 Å². The van der Waals surface area contributed by atoms with Gasteiger partial charge in [-0.3, -0.25) is 0 Å². The predicted molar refractivity (Wildman–Crippen MR) is 98.6 cm³/mol. The third-order valence-electron chi connectivity index (χ3n) is 4.96. The number of halogens is 2. The van der Waals surface area contributed by atoms with Gasteiger partial charge >= 0.3 is 0 Å². The predicted octanol–water partition coefficient (Wildman–Crippen LogP) is 6.03. The Kier molecular flexibility index (Phi) is 4.92. The van der Waals surface area contributed by atoms with Crippen molar-refractivity contribution in [3.8, 4) is 16.9 Å². The Labute approximate surface area is 157 Å². The van der Waals surface area contributed by atoms with Crippen molar-refractivity contribution in [1.29, 1.82) is 0 Å². The van der Waals surface area contributed by atoms with Gasteiger partial charge in [0.1, 0.15) is 24.4 Å². The highest BCUT2D eigenvalue weighted by atomic mass is 19.1. The van der Waals surface area contributed by atoms with Gasteiger partial charge < -0.3 is 9.15 Å². The molecule has 1 aromatic heterocycles. The van der Waals surface area contributed by atoms with Crippen LogP contribution >= 0.6 is 0 Å². The number of benzene rings is 2. The molecule has 0 amide bonds. The quantitative estimate of drug-likeness (QED) is 0.565. The number of rotatable bonds is 3. The van der Waals surface area contributed by atoms with Gasteiger partial charge in [-0.05, 0) is 36.6 Å². The molecule has 0 fully saturated rings. The van der Waals surface area contributed by atoms with Crippen LogP contribution in [-0.2, 0) is 13.0 Å². The van der Waals surface area contributed by atoms with Gasteiger partial charge in [-0.25, -0.2) is 13.8 Å². The lowest BCUT2D eigenvalue weighted by atomic mass is 9.92. The number of nitrogens with zero attached hydrogens (tertiary/aromatic N) is 1. The molecular formula is C22H21F2NO2. The maximum Gasteiger partial charge on any atom is 0.197 e. The molecule has 1 atom stereocenters. The third kappa shape index (κ3) is 3.59. The van der Waals surface area contributed by atoms with Crippen LogP contribution < -0.4 is 4.74 Å². The van der Waals surface area contributed by atoms with Crippen molar-refractivity contribution < 1.29 is 17.9 Å². The number of ether oxygens (including phenoxy) is 1. The lowest BCUT2D eigenvalue weighted by molar-refractivity contribution is 0.287. The Hall–Kier alpha value is -2.69. The van der Waals surface area contributed by atoms with Crippen molar-refractivity contribution in [3.05, 3.63) is 71.4 Å². The summed E-state index contributed by atoms with van der Waals surface area (Å²) in [6.45, 7) is 2.21. The van der Waals surface area contributed by atoms with Gasteiger partial charge in [-0.2, -0.15) is 0 Å². The third-order valence-corrected chi connectivity index (χ3v) is 4.96. The highest BCUT2D eigenvalue weighted by molar-refractivity contribution is 5.72. The topological polar surface area (TPSA) is 35.3 Å². The van der Waals surface area contributed by atoms with Crippen LogP contribution in [0.5, 0.6) is 5.75 Å². The summed E-state index contributed by atoms with van der Waals surface area (Å²) in [5.41, 5.74) is 2.32. The summed E-state index contributed by atoms with van der Waals surface area (Å²) in [6, 6.07) is 9.53. The van der Waals surface area contributed by atoms with Crippen molar-refractivity contribution in [1.82, 2.24) is 4.98 Å². The minimum atomic E-state index is -0.529. The van der Waals surface area contributed by atoms with Crippen molar-refractivity contribution in [2.75, 3.05) is 0 Å². The van der Waals surface area contributed by atoms with Crippen LogP contribution in [0.15, 0.2) is 47.1 Å². The van der Waals surface area contributed by atoms with E-state index < -0.39 is 11.6 Å². The Morgan fingerprint density at radius 2 is 2.00 bits per heavy atom. The standard InChI is InChI=1S/C22H21F2NO2/c1-2-3-5-15-10-14-8-9-19(23)18(11-14)17-6-4-7-20(24)21(17)26-12-16-13-27-22(15)25-16/h4,6-9,11,13,15H,2-3,5,10,12H2,1H3. The number of aromatic nitrogens is 1. The zero-order valence-corrected chi connectivity index (χ0v) is 15.2. The number of fused-ring (bicyclic) bond motifs is 6. The average Bonchev–Trinajstić information content (AvgIpc) is 3.13. The molecule has 1 aliphatic heterocycles. The molecule has 3 nitrogen and oxygen atoms in total. The first-order valence-corrected chi connectivity index (χ1v) is 9.30. The van der Waals surface area contributed by atoms with Crippen LogP contribution in [0.2, 0.25) is 0 Å². The van der Waals surface area contributed by atoms with Gasteiger partial charge in [0.05, 0.1) is 0 Å². The zero-order valence-electron chi connectivity index (χ0n) is 15.2. The lowest BCUT2D eigenvalue weighted by Crippen LogP contribution is -2.07. The molecule has 5 heteroatoms. The van der Waals surface area contributed by atoms with E-state index in [-0.39, 0.29) is 18.3 Å². The molecule has 2 heterocycles. The first-order chi connectivity index (χ1) is 13.2. The normalized spacial score (nSPS) is 16.0. The first kappa shape index (κ1) is 17.7. The van der Waals surface area contributed by atoms with Gasteiger partial charge in [0, 0.05) is 17.0 Å². The van der Waals surface area contributed by atoms with Crippen molar-refractivity contribution in [3.63, 3.8) is 0 Å². The highest BCUT2D eigenvalue weighted by Crippen LogP contribution is 2.37. The molecule has 1 aliphatic rings. The van der Waals surface area contributed by atoms with E-state index in [1.807, 2.05) is 0 Å². The van der Waals surface area contributed by atoms with Gasteiger partial charge in [-0.15, -0.1) is 0 Å². The minimum absolute atomic E-state index is 0.0289. The Balaban J connectivity index is 1.84. The molecule has 4 rings (SSSR count). The number of hydrogen-bond acceptors (Lipinski definition) is 3. The monoisotopic (exact) mass is 369 g/mol. The van der Waals surface area contributed by atoms with Crippen LogP contribution in [0.3, 0.4) is 0 Å². The van der Waals surface area contributed by atoms with Crippen LogP contribution in [0.4, 0.5) is 8.78 Å². The minimum Gasteiger partial charge on any atom is -0.483 e. The summed E-state index contributed by atoms with van der Waals surface area (Å²) in [5.74, 6) is -0.127. The highest BCUT2D eigenvalue weighted by Gasteiger charge is 2.22. The van der Waals surface area contributed by atoms with E-state index in [1.54, 1.807) is 30.5 Å². The molecule has 0 aliphatic carbocycles. The molecule has 140 valence electrons. The molecule has 0 N–H and O–H groups in total. The lowest BCUT2D eigenvalue weighted by Gasteiger charge is -2.17. The fourth-order valence-corrected chi connectivity index (χ4v) is 3.54. The molecule has 2 aromatic carbocycles. The van der Waals surface area contributed by atoms with E-state index >= 15 is 0 Å². The maximum atomic E-state index is 14.6. The second-order valence-corrected chi connectivity index (χ2v) is 6.94. The number of para-hydroxylation sites is 1. The zero-order chi connectivity index (χ0) is 18.8. The molecule has 4 bridgehead atoms. The summed E-state index contributed by atoms with van der Waals surface area (Å²) in [6.07, 6.45) is 5.33. The molecule has 0 saturated carbocycles. The summed E-state index contributed by atoms with van der Waals surface area (Å²) in [5, 5.41) is 0. The fraction of sp³-hybridized carbons (Fsp3) is 0.318. The second-order valence-electron chi connectivity index (χ2n) is 6.94.